The van der Waals surface area contributed by atoms with Crippen LogP contribution in [0.2, 0.25) is 0 Å². The molecule has 134 valence electrons. The highest BCUT2D eigenvalue weighted by atomic mass is 32.2. The van der Waals surface area contributed by atoms with E-state index < -0.39 is 16.0 Å². The first kappa shape index (κ1) is 19.0. The number of nitrogens with zero attached hydrogens (tertiary/aromatic N) is 1. The molecule has 0 atom stereocenters. The molecule has 0 unspecified atom stereocenters. The van der Waals surface area contributed by atoms with Gasteiger partial charge in [-0.25, -0.2) is 17.5 Å². The van der Waals surface area contributed by atoms with E-state index in [-0.39, 0.29) is 16.2 Å². The van der Waals surface area contributed by atoms with E-state index in [4.69, 9.17) is 9.47 Å². The topological polar surface area (TPSA) is 72.9 Å². The number of ether oxygens (including phenoxy) is 2. The molecule has 0 saturated heterocycles. The second-order valence-electron chi connectivity index (χ2n) is 5.74. The van der Waals surface area contributed by atoms with Gasteiger partial charge in [0.2, 0.25) is 10.0 Å². The zero-order valence-corrected chi connectivity index (χ0v) is 15.7. The molecule has 2 aromatic rings. The quantitative estimate of drug-likeness (QED) is 0.603. The van der Waals surface area contributed by atoms with Crippen LogP contribution in [-0.2, 0) is 10.0 Å². The van der Waals surface area contributed by atoms with Crippen molar-refractivity contribution in [1.29, 1.82) is 0 Å². The van der Waals surface area contributed by atoms with Gasteiger partial charge < -0.3 is 9.47 Å². The lowest BCUT2D eigenvalue weighted by atomic mass is 10.1. The first-order chi connectivity index (χ1) is 11.7. The summed E-state index contributed by atoms with van der Waals surface area (Å²) >= 11 is 0. The van der Waals surface area contributed by atoms with E-state index in [9.17, 15) is 13.2 Å². The molecule has 0 aliphatic heterocycles. The molecule has 0 radical (unpaired) electrons. The number of rotatable bonds is 5. The fourth-order valence-corrected chi connectivity index (χ4v) is 3.49. The predicted molar refractivity (Wildman–Crippen MR) is 94.7 cm³/mol. The van der Waals surface area contributed by atoms with E-state index in [0.717, 1.165) is 4.31 Å². The van der Waals surface area contributed by atoms with Crippen LogP contribution in [-0.4, -0.2) is 39.9 Å². The lowest BCUT2D eigenvalue weighted by Crippen LogP contribution is -2.24. The third-order valence-corrected chi connectivity index (χ3v) is 5.83. The molecule has 0 saturated carbocycles. The van der Waals surface area contributed by atoms with Crippen LogP contribution >= 0.6 is 0 Å². The van der Waals surface area contributed by atoms with Crippen molar-refractivity contribution in [2.24, 2.45) is 0 Å². The van der Waals surface area contributed by atoms with Crippen LogP contribution in [0.15, 0.2) is 41.3 Å². The number of benzene rings is 2. The summed E-state index contributed by atoms with van der Waals surface area (Å²) in [6.45, 7) is 3.46. The van der Waals surface area contributed by atoms with Crippen LogP contribution in [0.1, 0.15) is 21.5 Å². The Balaban J connectivity index is 2.46. The highest BCUT2D eigenvalue weighted by Gasteiger charge is 2.23. The minimum absolute atomic E-state index is 0.0875. The van der Waals surface area contributed by atoms with Crippen molar-refractivity contribution in [2.75, 3.05) is 21.2 Å². The SMILES string of the molecule is COc1ccccc1OC(=O)c1cc(C)c(C)c(S(=O)(=O)N(C)C)c1. The summed E-state index contributed by atoms with van der Waals surface area (Å²) in [5, 5.41) is 0. The number of esters is 1. The minimum atomic E-state index is -3.67. The summed E-state index contributed by atoms with van der Waals surface area (Å²) in [4.78, 5) is 12.6. The Morgan fingerprint density at radius 2 is 1.64 bits per heavy atom. The minimum Gasteiger partial charge on any atom is -0.493 e. The first-order valence-corrected chi connectivity index (χ1v) is 9.01. The molecular formula is C18H21NO5S. The first-order valence-electron chi connectivity index (χ1n) is 7.57. The lowest BCUT2D eigenvalue weighted by Gasteiger charge is -2.16. The maximum atomic E-state index is 12.5. The molecule has 0 aromatic heterocycles. The van der Waals surface area contributed by atoms with E-state index in [1.807, 2.05) is 0 Å². The third kappa shape index (κ3) is 3.83. The van der Waals surface area contributed by atoms with Gasteiger partial charge in [-0.05, 0) is 49.2 Å². The van der Waals surface area contributed by atoms with Crippen LogP contribution in [0.5, 0.6) is 11.5 Å². The molecule has 25 heavy (non-hydrogen) atoms. The summed E-state index contributed by atoms with van der Waals surface area (Å²) < 4.78 is 36.6. The molecule has 0 fully saturated rings. The van der Waals surface area contributed by atoms with Gasteiger partial charge >= 0.3 is 5.97 Å². The van der Waals surface area contributed by atoms with Crippen LogP contribution < -0.4 is 9.47 Å². The fraction of sp³-hybridized carbons (Fsp3) is 0.278. The number of aryl methyl sites for hydroxylation is 1. The van der Waals surface area contributed by atoms with Crippen molar-refractivity contribution >= 4 is 16.0 Å². The number of carbonyl (C=O) groups excluding carboxylic acids is 1. The molecule has 0 aliphatic rings. The van der Waals surface area contributed by atoms with Gasteiger partial charge in [0.15, 0.2) is 11.5 Å². The summed E-state index contributed by atoms with van der Waals surface area (Å²) in [5.41, 5.74) is 1.45. The molecule has 0 spiro atoms. The number of sulfonamides is 1. The van der Waals surface area contributed by atoms with Crippen molar-refractivity contribution in [3.63, 3.8) is 0 Å². The van der Waals surface area contributed by atoms with Crippen molar-refractivity contribution in [1.82, 2.24) is 4.31 Å². The molecule has 0 amide bonds. The molecule has 0 N–H and O–H groups in total. The van der Waals surface area contributed by atoms with Crippen LogP contribution in [0, 0.1) is 13.8 Å². The average Bonchev–Trinajstić information content (AvgIpc) is 2.57. The zero-order chi connectivity index (χ0) is 18.8. The molecular weight excluding hydrogens is 342 g/mol. The Morgan fingerprint density at radius 1 is 1.04 bits per heavy atom. The van der Waals surface area contributed by atoms with Gasteiger partial charge in [-0.3, -0.25) is 0 Å². The van der Waals surface area contributed by atoms with Crippen molar-refractivity contribution < 1.29 is 22.7 Å². The number of methoxy groups -OCH3 is 1. The number of carbonyl (C=O) groups is 1. The summed E-state index contributed by atoms with van der Waals surface area (Å²) in [7, 11) is 0.702. The molecule has 7 heteroatoms. The van der Waals surface area contributed by atoms with E-state index in [1.54, 1.807) is 44.2 Å². The fourth-order valence-electron chi connectivity index (χ4n) is 2.27. The molecule has 0 aliphatic carbocycles. The highest BCUT2D eigenvalue weighted by Crippen LogP contribution is 2.28. The maximum Gasteiger partial charge on any atom is 0.343 e. The normalized spacial score (nSPS) is 11.4. The van der Waals surface area contributed by atoms with E-state index >= 15 is 0 Å². The van der Waals surface area contributed by atoms with Crippen molar-refractivity contribution in [3.05, 3.63) is 53.1 Å². The van der Waals surface area contributed by atoms with E-state index in [0.29, 0.717) is 16.9 Å². The van der Waals surface area contributed by atoms with Crippen LogP contribution in [0.3, 0.4) is 0 Å². The van der Waals surface area contributed by atoms with Crippen LogP contribution in [0.25, 0.3) is 0 Å². The summed E-state index contributed by atoms with van der Waals surface area (Å²) in [6, 6.07) is 9.71. The predicted octanol–water partition coefficient (Wildman–Crippen LogP) is 2.78. The van der Waals surface area contributed by atoms with Gasteiger partial charge in [-0.2, -0.15) is 0 Å². The van der Waals surface area contributed by atoms with Gasteiger partial charge in [-0.15, -0.1) is 0 Å². The number of hydrogen-bond donors (Lipinski definition) is 0. The molecule has 2 aromatic carbocycles. The molecule has 0 heterocycles. The second-order valence-corrected chi connectivity index (χ2v) is 7.86. The Labute approximate surface area is 148 Å². The Bertz CT molecular complexity index is 904. The molecule has 6 nitrogen and oxygen atoms in total. The molecule has 2 rings (SSSR count). The van der Waals surface area contributed by atoms with Gasteiger partial charge in [0.25, 0.3) is 0 Å². The Morgan fingerprint density at radius 3 is 2.20 bits per heavy atom. The highest BCUT2D eigenvalue weighted by molar-refractivity contribution is 7.89. The zero-order valence-electron chi connectivity index (χ0n) is 14.9. The Hall–Kier alpha value is -2.38. The number of hydrogen-bond acceptors (Lipinski definition) is 5. The number of para-hydroxylation sites is 2. The van der Waals surface area contributed by atoms with Gasteiger partial charge in [0.05, 0.1) is 17.6 Å². The lowest BCUT2D eigenvalue weighted by molar-refractivity contribution is 0.0729. The van der Waals surface area contributed by atoms with Crippen molar-refractivity contribution in [3.8, 4) is 11.5 Å². The average molecular weight is 363 g/mol. The third-order valence-electron chi connectivity index (χ3n) is 3.89. The summed E-state index contributed by atoms with van der Waals surface area (Å²) in [5.74, 6) is 0.0360. The molecule has 0 bridgehead atoms. The second kappa shape index (κ2) is 7.25. The van der Waals surface area contributed by atoms with Gasteiger partial charge in [0, 0.05) is 14.1 Å². The summed E-state index contributed by atoms with van der Waals surface area (Å²) in [6.07, 6.45) is 0. The van der Waals surface area contributed by atoms with Crippen molar-refractivity contribution in [2.45, 2.75) is 18.7 Å². The van der Waals surface area contributed by atoms with E-state index in [2.05, 4.69) is 0 Å². The maximum absolute atomic E-state index is 12.5. The standard InChI is InChI=1S/C18H21NO5S/c1-12-10-14(11-17(13(12)2)25(21,22)19(3)4)18(20)24-16-9-7-6-8-15(16)23-5/h6-11H,1-5H3. The monoisotopic (exact) mass is 363 g/mol. The van der Waals surface area contributed by atoms with Gasteiger partial charge in [-0.1, -0.05) is 12.1 Å². The Kier molecular flexibility index (Phi) is 5.49. The smallest absolute Gasteiger partial charge is 0.343 e. The largest absolute Gasteiger partial charge is 0.493 e. The van der Waals surface area contributed by atoms with Gasteiger partial charge in [0.1, 0.15) is 0 Å². The van der Waals surface area contributed by atoms with E-state index in [1.165, 1.54) is 27.3 Å². The van der Waals surface area contributed by atoms with Crippen LogP contribution in [0.4, 0.5) is 0 Å².